The first-order valence-electron chi connectivity index (χ1n) is 8.10. The number of nitrogens with one attached hydrogen (secondary N) is 1. The van der Waals surface area contributed by atoms with Crippen LogP contribution in [0, 0.1) is 0 Å². The number of ether oxygens (including phenoxy) is 1. The fraction of sp³-hybridized carbons (Fsp3) is 0.625. The Morgan fingerprint density at radius 2 is 2.27 bits per heavy atom. The van der Waals surface area contributed by atoms with Gasteiger partial charge in [0.15, 0.2) is 0 Å². The van der Waals surface area contributed by atoms with Crippen LogP contribution in [0.1, 0.15) is 42.6 Å². The molecule has 22 heavy (non-hydrogen) atoms. The van der Waals surface area contributed by atoms with Crippen molar-refractivity contribution < 1.29 is 4.74 Å². The zero-order valence-electron chi connectivity index (χ0n) is 13.5. The summed E-state index contributed by atoms with van der Waals surface area (Å²) in [5.74, 6) is 0. The number of aryl methyl sites for hydroxylation is 1. The number of aromatic nitrogens is 4. The minimum Gasteiger partial charge on any atom is -0.383 e. The van der Waals surface area contributed by atoms with Gasteiger partial charge in [-0.25, -0.2) is 0 Å². The van der Waals surface area contributed by atoms with Crippen molar-refractivity contribution in [2.45, 2.75) is 51.9 Å². The van der Waals surface area contributed by atoms with E-state index in [0.29, 0.717) is 12.6 Å². The third-order valence-corrected chi connectivity index (χ3v) is 4.33. The molecule has 0 saturated heterocycles. The number of methoxy groups -OCH3 is 1. The van der Waals surface area contributed by atoms with E-state index in [2.05, 4.69) is 33.3 Å². The van der Waals surface area contributed by atoms with Crippen molar-refractivity contribution in [3.8, 4) is 0 Å². The van der Waals surface area contributed by atoms with Gasteiger partial charge in [-0.2, -0.15) is 10.2 Å². The van der Waals surface area contributed by atoms with E-state index >= 15 is 0 Å². The normalized spacial score (nSPS) is 17.6. The third kappa shape index (κ3) is 3.23. The Kier molecular flexibility index (Phi) is 4.90. The Morgan fingerprint density at radius 1 is 1.36 bits per heavy atom. The summed E-state index contributed by atoms with van der Waals surface area (Å²) >= 11 is 0. The smallest absolute Gasteiger partial charge is 0.0658 e. The van der Waals surface area contributed by atoms with Crippen LogP contribution >= 0.6 is 0 Å². The lowest BCUT2D eigenvalue weighted by Gasteiger charge is -2.24. The predicted octanol–water partition coefficient (Wildman–Crippen LogP) is 1.91. The summed E-state index contributed by atoms with van der Waals surface area (Å²) in [6.07, 6.45) is 9.62. The van der Waals surface area contributed by atoms with Crippen LogP contribution in [0.5, 0.6) is 0 Å². The maximum absolute atomic E-state index is 5.08. The van der Waals surface area contributed by atoms with Gasteiger partial charge in [-0.05, 0) is 26.2 Å². The van der Waals surface area contributed by atoms with Crippen LogP contribution in [0.2, 0.25) is 0 Å². The second-order valence-electron chi connectivity index (χ2n) is 5.79. The number of fused-ring (bicyclic) bond motifs is 1. The maximum atomic E-state index is 5.08. The molecule has 0 radical (unpaired) electrons. The largest absolute Gasteiger partial charge is 0.383 e. The molecule has 0 amide bonds. The van der Waals surface area contributed by atoms with Crippen LogP contribution in [-0.2, 0) is 30.8 Å². The van der Waals surface area contributed by atoms with E-state index < -0.39 is 0 Å². The molecule has 1 unspecified atom stereocenters. The lowest BCUT2D eigenvalue weighted by molar-refractivity contribution is 0.183. The van der Waals surface area contributed by atoms with Gasteiger partial charge in [-0.1, -0.05) is 0 Å². The molecule has 2 aromatic rings. The van der Waals surface area contributed by atoms with E-state index in [4.69, 9.17) is 4.74 Å². The molecule has 1 aliphatic carbocycles. The first kappa shape index (κ1) is 15.2. The molecule has 6 heteroatoms. The summed E-state index contributed by atoms with van der Waals surface area (Å²) in [4.78, 5) is 0. The molecule has 0 saturated carbocycles. The summed E-state index contributed by atoms with van der Waals surface area (Å²) in [6.45, 7) is 5.44. The molecule has 120 valence electrons. The molecule has 0 aliphatic heterocycles. The lowest BCUT2D eigenvalue weighted by atomic mass is 9.93. The van der Waals surface area contributed by atoms with Crippen LogP contribution < -0.4 is 5.32 Å². The van der Waals surface area contributed by atoms with Crippen LogP contribution in [-0.4, -0.2) is 33.3 Å². The topological polar surface area (TPSA) is 56.9 Å². The molecule has 1 atom stereocenters. The first-order chi connectivity index (χ1) is 10.8. The van der Waals surface area contributed by atoms with Gasteiger partial charge >= 0.3 is 0 Å². The van der Waals surface area contributed by atoms with E-state index in [9.17, 15) is 0 Å². The number of hydrogen-bond acceptors (Lipinski definition) is 4. The predicted molar refractivity (Wildman–Crippen MR) is 84.5 cm³/mol. The van der Waals surface area contributed by atoms with Gasteiger partial charge in [-0.3, -0.25) is 9.36 Å². The highest BCUT2D eigenvalue weighted by Crippen LogP contribution is 2.29. The van der Waals surface area contributed by atoms with E-state index in [-0.39, 0.29) is 0 Å². The SMILES string of the molecule is CCn1ncc2c1CCCC2NCc1cnn(CCOC)c1. The molecule has 6 nitrogen and oxygen atoms in total. The Labute approximate surface area is 131 Å². The first-order valence-corrected chi connectivity index (χ1v) is 8.10. The number of nitrogens with zero attached hydrogens (tertiary/aromatic N) is 4. The van der Waals surface area contributed by atoms with Gasteiger partial charge in [-0.15, -0.1) is 0 Å². The molecular formula is C16H25N5O. The van der Waals surface area contributed by atoms with Gasteiger partial charge in [0, 0.05) is 49.3 Å². The van der Waals surface area contributed by atoms with Crippen LogP contribution in [0.25, 0.3) is 0 Å². The fourth-order valence-corrected chi connectivity index (χ4v) is 3.15. The Morgan fingerprint density at radius 3 is 3.09 bits per heavy atom. The van der Waals surface area contributed by atoms with E-state index in [0.717, 1.165) is 26.1 Å². The van der Waals surface area contributed by atoms with E-state index in [1.807, 2.05) is 17.1 Å². The van der Waals surface area contributed by atoms with Crippen molar-refractivity contribution >= 4 is 0 Å². The van der Waals surface area contributed by atoms with Gasteiger partial charge < -0.3 is 10.1 Å². The second kappa shape index (κ2) is 7.07. The highest BCUT2D eigenvalue weighted by molar-refractivity contribution is 5.25. The van der Waals surface area contributed by atoms with Crippen molar-refractivity contribution in [3.05, 3.63) is 35.4 Å². The van der Waals surface area contributed by atoms with Crippen LogP contribution in [0.3, 0.4) is 0 Å². The van der Waals surface area contributed by atoms with Crippen molar-refractivity contribution in [1.82, 2.24) is 24.9 Å². The zero-order valence-corrected chi connectivity index (χ0v) is 13.5. The van der Waals surface area contributed by atoms with Gasteiger partial charge in [0.25, 0.3) is 0 Å². The Hall–Kier alpha value is -1.66. The quantitative estimate of drug-likeness (QED) is 0.849. The third-order valence-electron chi connectivity index (χ3n) is 4.33. The van der Waals surface area contributed by atoms with Crippen LogP contribution in [0.15, 0.2) is 18.6 Å². The maximum Gasteiger partial charge on any atom is 0.0658 e. The standard InChI is InChI=1S/C16H25N5O/c1-3-21-16-6-4-5-15(14(16)11-19-21)17-9-13-10-18-20(12-13)7-8-22-2/h10-12,15,17H,3-9H2,1-2H3. The molecule has 0 fully saturated rings. The zero-order chi connectivity index (χ0) is 15.4. The monoisotopic (exact) mass is 303 g/mol. The fourth-order valence-electron chi connectivity index (χ4n) is 3.15. The molecule has 0 bridgehead atoms. The molecule has 0 aromatic carbocycles. The second-order valence-corrected chi connectivity index (χ2v) is 5.79. The van der Waals surface area contributed by atoms with Crippen LogP contribution in [0.4, 0.5) is 0 Å². The van der Waals surface area contributed by atoms with Gasteiger partial charge in [0.05, 0.1) is 25.5 Å². The molecule has 2 aromatic heterocycles. The average Bonchev–Trinajstić information content (AvgIpc) is 3.17. The minimum absolute atomic E-state index is 0.409. The van der Waals surface area contributed by atoms with Crippen molar-refractivity contribution in [2.75, 3.05) is 13.7 Å². The summed E-state index contributed by atoms with van der Waals surface area (Å²) < 4.78 is 9.14. The van der Waals surface area contributed by atoms with Gasteiger partial charge in [0.1, 0.15) is 0 Å². The van der Waals surface area contributed by atoms with Gasteiger partial charge in [0.2, 0.25) is 0 Å². The molecule has 0 spiro atoms. The highest BCUT2D eigenvalue weighted by atomic mass is 16.5. The van der Waals surface area contributed by atoms with Crippen molar-refractivity contribution in [2.24, 2.45) is 0 Å². The summed E-state index contributed by atoms with van der Waals surface area (Å²) in [5.41, 5.74) is 3.99. The molecule has 1 aliphatic rings. The van der Waals surface area contributed by atoms with E-state index in [1.165, 1.54) is 29.7 Å². The minimum atomic E-state index is 0.409. The molecular weight excluding hydrogens is 278 g/mol. The number of rotatable bonds is 7. The van der Waals surface area contributed by atoms with E-state index in [1.54, 1.807) is 7.11 Å². The van der Waals surface area contributed by atoms with Crippen molar-refractivity contribution in [3.63, 3.8) is 0 Å². The molecule has 2 heterocycles. The molecule has 1 N–H and O–H groups in total. The van der Waals surface area contributed by atoms with Crippen molar-refractivity contribution in [1.29, 1.82) is 0 Å². The highest BCUT2D eigenvalue weighted by Gasteiger charge is 2.23. The Balaban J connectivity index is 1.60. The number of hydrogen-bond donors (Lipinski definition) is 1. The summed E-state index contributed by atoms with van der Waals surface area (Å²) in [7, 11) is 1.71. The molecule has 3 rings (SSSR count). The Bertz CT molecular complexity index is 603. The summed E-state index contributed by atoms with van der Waals surface area (Å²) in [5, 5.41) is 12.5. The average molecular weight is 303 g/mol. The summed E-state index contributed by atoms with van der Waals surface area (Å²) in [6, 6.07) is 0.409. The lowest BCUT2D eigenvalue weighted by Crippen LogP contribution is -2.25.